The van der Waals surface area contributed by atoms with Gasteiger partial charge in [-0.05, 0) is 24.8 Å². The van der Waals surface area contributed by atoms with Crippen molar-refractivity contribution in [2.24, 2.45) is 0 Å². The zero-order valence-corrected chi connectivity index (χ0v) is 10.1. The normalized spacial score (nSPS) is 18.6. The van der Waals surface area contributed by atoms with Crippen molar-refractivity contribution in [3.8, 4) is 17.2 Å². The molecular weight excluding hydrogens is 204 g/mol. The van der Waals surface area contributed by atoms with E-state index < -0.39 is 0 Å². The number of hydrogen-bond acceptors (Lipinski definition) is 3. The molecule has 0 amide bonds. The molecule has 1 aromatic rings. The van der Waals surface area contributed by atoms with Crippen molar-refractivity contribution in [1.29, 1.82) is 0 Å². The number of methoxy groups -OCH3 is 2. The molecule has 1 atom stereocenters. The molecule has 0 saturated carbocycles. The van der Waals surface area contributed by atoms with Crippen LogP contribution in [0.4, 0.5) is 0 Å². The SMILES string of the molecule is CCC1CCOc2cc(OC)c(OC)cc21. The van der Waals surface area contributed by atoms with Gasteiger partial charge in [0, 0.05) is 11.6 Å². The van der Waals surface area contributed by atoms with Crippen LogP contribution in [-0.2, 0) is 0 Å². The van der Waals surface area contributed by atoms with Crippen molar-refractivity contribution in [2.75, 3.05) is 20.8 Å². The summed E-state index contributed by atoms with van der Waals surface area (Å²) in [6.45, 7) is 3.00. The topological polar surface area (TPSA) is 27.7 Å². The average molecular weight is 222 g/mol. The minimum Gasteiger partial charge on any atom is -0.493 e. The summed E-state index contributed by atoms with van der Waals surface area (Å²) in [4.78, 5) is 0. The predicted octanol–water partition coefficient (Wildman–Crippen LogP) is 2.98. The van der Waals surface area contributed by atoms with E-state index in [1.165, 1.54) is 5.56 Å². The lowest BCUT2D eigenvalue weighted by molar-refractivity contribution is 0.261. The molecule has 0 N–H and O–H groups in total. The number of benzene rings is 1. The van der Waals surface area contributed by atoms with Crippen molar-refractivity contribution in [3.05, 3.63) is 17.7 Å². The smallest absolute Gasteiger partial charge is 0.164 e. The molecule has 3 heteroatoms. The van der Waals surface area contributed by atoms with Crippen LogP contribution in [0.1, 0.15) is 31.2 Å². The summed E-state index contributed by atoms with van der Waals surface area (Å²) in [5, 5.41) is 0. The summed E-state index contributed by atoms with van der Waals surface area (Å²) in [5.41, 5.74) is 1.24. The van der Waals surface area contributed by atoms with Crippen LogP contribution in [0, 0.1) is 0 Å². The lowest BCUT2D eigenvalue weighted by atomic mass is 9.90. The largest absolute Gasteiger partial charge is 0.493 e. The Morgan fingerprint density at radius 1 is 1.25 bits per heavy atom. The van der Waals surface area contributed by atoms with Crippen LogP contribution < -0.4 is 14.2 Å². The van der Waals surface area contributed by atoms with Gasteiger partial charge in [0.2, 0.25) is 0 Å². The second-order valence-electron chi connectivity index (χ2n) is 3.99. The molecule has 0 radical (unpaired) electrons. The molecule has 1 aromatic carbocycles. The minimum atomic E-state index is 0.573. The van der Waals surface area contributed by atoms with E-state index in [-0.39, 0.29) is 0 Å². The molecule has 3 nitrogen and oxygen atoms in total. The molecule has 1 unspecified atom stereocenters. The molecule has 1 aliphatic heterocycles. The van der Waals surface area contributed by atoms with Crippen LogP contribution in [0.25, 0.3) is 0 Å². The van der Waals surface area contributed by atoms with Gasteiger partial charge in [0.1, 0.15) is 5.75 Å². The van der Waals surface area contributed by atoms with Gasteiger partial charge in [-0.3, -0.25) is 0 Å². The zero-order chi connectivity index (χ0) is 11.5. The van der Waals surface area contributed by atoms with Gasteiger partial charge in [0.05, 0.1) is 20.8 Å². The van der Waals surface area contributed by atoms with Crippen molar-refractivity contribution >= 4 is 0 Å². The van der Waals surface area contributed by atoms with E-state index in [4.69, 9.17) is 14.2 Å². The zero-order valence-electron chi connectivity index (χ0n) is 10.1. The van der Waals surface area contributed by atoms with Gasteiger partial charge in [-0.25, -0.2) is 0 Å². The lowest BCUT2D eigenvalue weighted by Crippen LogP contribution is -2.14. The maximum atomic E-state index is 5.66. The molecule has 0 fully saturated rings. The van der Waals surface area contributed by atoms with Gasteiger partial charge < -0.3 is 14.2 Å². The molecule has 0 aromatic heterocycles. The average Bonchev–Trinajstić information content (AvgIpc) is 2.36. The van der Waals surface area contributed by atoms with Crippen LogP contribution in [-0.4, -0.2) is 20.8 Å². The molecule has 0 spiro atoms. The highest BCUT2D eigenvalue weighted by Crippen LogP contribution is 2.42. The fraction of sp³-hybridized carbons (Fsp3) is 0.538. The maximum absolute atomic E-state index is 5.66. The molecule has 2 rings (SSSR count). The van der Waals surface area contributed by atoms with Crippen molar-refractivity contribution in [1.82, 2.24) is 0 Å². The summed E-state index contributed by atoms with van der Waals surface area (Å²) >= 11 is 0. The van der Waals surface area contributed by atoms with Gasteiger partial charge in [-0.2, -0.15) is 0 Å². The summed E-state index contributed by atoms with van der Waals surface area (Å²) in [5.74, 6) is 3.03. The highest BCUT2D eigenvalue weighted by atomic mass is 16.5. The van der Waals surface area contributed by atoms with Crippen molar-refractivity contribution < 1.29 is 14.2 Å². The molecule has 1 aliphatic rings. The van der Waals surface area contributed by atoms with E-state index in [1.54, 1.807) is 14.2 Å². The van der Waals surface area contributed by atoms with Crippen LogP contribution in [0.2, 0.25) is 0 Å². The minimum absolute atomic E-state index is 0.573. The Balaban J connectivity index is 2.46. The molecule has 1 heterocycles. The highest BCUT2D eigenvalue weighted by molar-refractivity contribution is 5.52. The van der Waals surface area contributed by atoms with E-state index in [1.807, 2.05) is 12.1 Å². The Hall–Kier alpha value is -1.38. The van der Waals surface area contributed by atoms with Gasteiger partial charge in [0.25, 0.3) is 0 Å². The van der Waals surface area contributed by atoms with Gasteiger partial charge >= 0.3 is 0 Å². The standard InChI is InChI=1S/C13H18O3/c1-4-9-5-6-16-11-8-13(15-3)12(14-2)7-10(9)11/h7-9H,4-6H2,1-3H3. The summed E-state index contributed by atoms with van der Waals surface area (Å²) in [7, 11) is 3.30. The monoisotopic (exact) mass is 222 g/mol. The first-order valence-electron chi connectivity index (χ1n) is 5.68. The summed E-state index contributed by atoms with van der Waals surface area (Å²) in [6.07, 6.45) is 2.21. The number of rotatable bonds is 3. The van der Waals surface area contributed by atoms with Crippen LogP contribution in [0.5, 0.6) is 17.2 Å². The highest BCUT2D eigenvalue weighted by Gasteiger charge is 2.22. The molecule has 0 aliphatic carbocycles. The molecular formula is C13H18O3. The fourth-order valence-electron chi connectivity index (χ4n) is 2.21. The molecule has 16 heavy (non-hydrogen) atoms. The van der Waals surface area contributed by atoms with Crippen molar-refractivity contribution in [3.63, 3.8) is 0 Å². The predicted molar refractivity (Wildman–Crippen MR) is 62.7 cm³/mol. The molecule has 0 saturated heterocycles. The Kier molecular flexibility index (Phi) is 3.22. The second-order valence-corrected chi connectivity index (χ2v) is 3.99. The van der Waals surface area contributed by atoms with Gasteiger partial charge in [-0.15, -0.1) is 0 Å². The van der Waals surface area contributed by atoms with Crippen LogP contribution in [0.15, 0.2) is 12.1 Å². The first-order chi connectivity index (χ1) is 7.80. The second kappa shape index (κ2) is 4.64. The third-order valence-corrected chi connectivity index (χ3v) is 3.17. The van der Waals surface area contributed by atoms with E-state index in [0.717, 1.165) is 36.7 Å². The third kappa shape index (κ3) is 1.82. The van der Waals surface area contributed by atoms with Crippen LogP contribution >= 0.6 is 0 Å². The quantitative estimate of drug-likeness (QED) is 0.787. The molecule has 0 bridgehead atoms. The maximum Gasteiger partial charge on any atom is 0.164 e. The number of ether oxygens (including phenoxy) is 3. The summed E-state index contributed by atoms with van der Waals surface area (Å²) in [6, 6.07) is 3.97. The fourth-order valence-corrected chi connectivity index (χ4v) is 2.21. The number of fused-ring (bicyclic) bond motifs is 1. The first kappa shape index (κ1) is 11.1. The Bertz CT molecular complexity index is 374. The Morgan fingerprint density at radius 2 is 1.94 bits per heavy atom. The Morgan fingerprint density at radius 3 is 2.56 bits per heavy atom. The van der Waals surface area contributed by atoms with Gasteiger partial charge in [0.15, 0.2) is 11.5 Å². The molecule has 88 valence electrons. The lowest BCUT2D eigenvalue weighted by Gasteiger charge is -2.26. The summed E-state index contributed by atoms with van der Waals surface area (Å²) < 4.78 is 16.2. The van der Waals surface area contributed by atoms with E-state index in [2.05, 4.69) is 6.92 Å². The van der Waals surface area contributed by atoms with Crippen LogP contribution in [0.3, 0.4) is 0 Å². The van der Waals surface area contributed by atoms with E-state index in [0.29, 0.717) is 5.92 Å². The third-order valence-electron chi connectivity index (χ3n) is 3.17. The first-order valence-corrected chi connectivity index (χ1v) is 5.68. The van der Waals surface area contributed by atoms with Gasteiger partial charge in [-0.1, -0.05) is 6.92 Å². The Labute approximate surface area is 96.3 Å². The van der Waals surface area contributed by atoms with E-state index >= 15 is 0 Å². The van der Waals surface area contributed by atoms with E-state index in [9.17, 15) is 0 Å². The number of hydrogen-bond donors (Lipinski definition) is 0. The van der Waals surface area contributed by atoms with Crippen molar-refractivity contribution in [2.45, 2.75) is 25.7 Å².